The first-order chi connectivity index (χ1) is 11.0. The van der Waals surface area contributed by atoms with Crippen molar-refractivity contribution >= 4 is 6.03 Å². The summed E-state index contributed by atoms with van der Waals surface area (Å²) in [7, 11) is 4.26. The Labute approximate surface area is 139 Å². The van der Waals surface area contributed by atoms with Crippen molar-refractivity contribution in [1.82, 2.24) is 15.1 Å². The highest BCUT2D eigenvalue weighted by Crippen LogP contribution is 2.51. The van der Waals surface area contributed by atoms with Crippen molar-refractivity contribution in [3.63, 3.8) is 0 Å². The summed E-state index contributed by atoms with van der Waals surface area (Å²) in [5.41, 5.74) is 2.66. The van der Waals surface area contributed by atoms with Crippen LogP contribution < -0.4 is 5.32 Å². The van der Waals surface area contributed by atoms with E-state index in [1.54, 1.807) is 0 Å². The third-order valence-corrected chi connectivity index (χ3v) is 5.24. The number of aryl methyl sites for hydroxylation is 2. The van der Waals surface area contributed by atoms with Gasteiger partial charge in [0.2, 0.25) is 0 Å². The number of piperidine rings is 1. The summed E-state index contributed by atoms with van der Waals surface area (Å²) in [6.45, 7) is 5.95. The normalized spacial score (nSPS) is 25.6. The molecule has 126 valence electrons. The zero-order valence-electron chi connectivity index (χ0n) is 14.6. The van der Waals surface area contributed by atoms with Crippen molar-refractivity contribution in [2.75, 3.05) is 40.3 Å². The zero-order chi connectivity index (χ0) is 16.4. The number of hydrogen-bond donors (Lipinski definition) is 1. The fourth-order valence-electron chi connectivity index (χ4n) is 3.97. The molecule has 0 bridgehead atoms. The molecule has 1 aliphatic heterocycles. The highest BCUT2D eigenvalue weighted by atomic mass is 16.2. The van der Waals surface area contributed by atoms with Gasteiger partial charge >= 0.3 is 6.03 Å². The molecule has 1 heterocycles. The number of benzene rings is 1. The number of fused-ring (bicyclic) bond motifs is 1. The Morgan fingerprint density at radius 3 is 2.70 bits per heavy atom. The summed E-state index contributed by atoms with van der Waals surface area (Å²) in [5, 5.41) is 3.08. The van der Waals surface area contributed by atoms with Crippen molar-refractivity contribution < 1.29 is 4.79 Å². The number of nitrogens with one attached hydrogen (secondary N) is 1. The van der Waals surface area contributed by atoms with E-state index in [9.17, 15) is 4.79 Å². The molecule has 2 amide bonds. The van der Waals surface area contributed by atoms with Gasteiger partial charge in [0.05, 0.1) is 0 Å². The first kappa shape index (κ1) is 16.3. The Kier molecular flexibility index (Phi) is 4.90. The van der Waals surface area contributed by atoms with Crippen LogP contribution in [0.4, 0.5) is 4.79 Å². The maximum Gasteiger partial charge on any atom is 0.317 e. The lowest BCUT2D eigenvalue weighted by Crippen LogP contribution is -2.41. The van der Waals surface area contributed by atoms with Crippen molar-refractivity contribution in [3.05, 3.63) is 35.4 Å². The molecule has 1 aromatic carbocycles. The van der Waals surface area contributed by atoms with Crippen LogP contribution in [0.2, 0.25) is 0 Å². The number of rotatable bonds is 6. The zero-order valence-corrected chi connectivity index (χ0v) is 14.6. The topological polar surface area (TPSA) is 35.6 Å². The Bertz CT molecular complexity index is 545. The average Bonchev–Trinajstić information content (AvgIpc) is 2.95. The largest absolute Gasteiger partial charge is 0.338 e. The van der Waals surface area contributed by atoms with Gasteiger partial charge in [0.1, 0.15) is 0 Å². The van der Waals surface area contributed by atoms with Crippen LogP contribution in [0, 0.1) is 24.7 Å². The molecule has 1 unspecified atom stereocenters. The molecule has 23 heavy (non-hydrogen) atoms. The van der Waals surface area contributed by atoms with Gasteiger partial charge in [-0.05, 0) is 57.2 Å². The number of likely N-dealkylation sites (tertiary alicyclic amines) is 1. The van der Waals surface area contributed by atoms with E-state index in [4.69, 9.17) is 0 Å². The first-order valence-corrected chi connectivity index (χ1v) is 8.77. The number of hydrogen-bond acceptors (Lipinski definition) is 2. The maximum atomic E-state index is 12.2. The lowest BCUT2D eigenvalue weighted by molar-refractivity contribution is 0.198. The van der Waals surface area contributed by atoms with Crippen LogP contribution in [-0.2, 0) is 6.42 Å². The van der Waals surface area contributed by atoms with Crippen LogP contribution in [0.1, 0.15) is 17.5 Å². The second kappa shape index (κ2) is 6.91. The predicted octanol–water partition coefficient (Wildman–Crippen LogP) is 2.38. The van der Waals surface area contributed by atoms with E-state index >= 15 is 0 Å². The molecule has 1 aliphatic carbocycles. The van der Waals surface area contributed by atoms with Crippen LogP contribution in [0.5, 0.6) is 0 Å². The molecule has 0 aromatic heterocycles. The lowest BCUT2D eigenvalue weighted by atomic mass is 10.1. The standard InChI is InChI=1S/C19H29N3O/c1-14-6-4-7-15(10-14)8-5-9-20-19(23)22-12-17-16(11-21(2)3)18(17)13-22/h4,6-7,10,16-18H,5,8-9,11-13H2,1-3H3,(H,20,23)/t16?,17-,18+. The van der Waals surface area contributed by atoms with Gasteiger partial charge in [-0.25, -0.2) is 4.79 Å². The van der Waals surface area contributed by atoms with Crippen LogP contribution >= 0.6 is 0 Å². The van der Waals surface area contributed by atoms with E-state index in [-0.39, 0.29) is 6.03 Å². The molecule has 1 saturated heterocycles. The summed E-state index contributed by atoms with van der Waals surface area (Å²) in [4.78, 5) is 16.5. The second-order valence-electron chi connectivity index (χ2n) is 7.48. The molecule has 2 fully saturated rings. The quantitative estimate of drug-likeness (QED) is 0.818. The predicted molar refractivity (Wildman–Crippen MR) is 93.5 cm³/mol. The monoisotopic (exact) mass is 315 g/mol. The van der Waals surface area contributed by atoms with E-state index in [2.05, 4.69) is 55.5 Å². The Hall–Kier alpha value is -1.55. The Morgan fingerprint density at radius 1 is 1.30 bits per heavy atom. The molecular weight excluding hydrogens is 286 g/mol. The lowest BCUT2D eigenvalue weighted by Gasteiger charge is -2.21. The number of nitrogens with zero attached hydrogens (tertiary/aromatic N) is 2. The molecular formula is C19H29N3O. The molecule has 1 saturated carbocycles. The molecule has 3 rings (SSSR count). The van der Waals surface area contributed by atoms with Gasteiger partial charge in [0.15, 0.2) is 0 Å². The van der Waals surface area contributed by atoms with Gasteiger partial charge in [-0.2, -0.15) is 0 Å². The minimum Gasteiger partial charge on any atom is -0.338 e. The minimum atomic E-state index is 0.130. The summed E-state index contributed by atoms with van der Waals surface area (Å²) in [5.74, 6) is 2.31. The smallest absolute Gasteiger partial charge is 0.317 e. The van der Waals surface area contributed by atoms with Gasteiger partial charge in [-0.15, -0.1) is 0 Å². The third-order valence-electron chi connectivity index (χ3n) is 5.24. The van der Waals surface area contributed by atoms with Crippen LogP contribution in [0.25, 0.3) is 0 Å². The Morgan fingerprint density at radius 2 is 2.04 bits per heavy atom. The Balaban J connectivity index is 1.32. The molecule has 2 aliphatic rings. The average molecular weight is 315 g/mol. The highest BCUT2D eigenvalue weighted by molar-refractivity contribution is 5.74. The molecule has 4 heteroatoms. The van der Waals surface area contributed by atoms with Crippen molar-refractivity contribution in [3.8, 4) is 0 Å². The maximum absolute atomic E-state index is 12.2. The van der Waals surface area contributed by atoms with Crippen molar-refractivity contribution in [1.29, 1.82) is 0 Å². The summed E-state index contributed by atoms with van der Waals surface area (Å²) < 4.78 is 0. The van der Waals surface area contributed by atoms with Crippen molar-refractivity contribution in [2.45, 2.75) is 19.8 Å². The van der Waals surface area contributed by atoms with E-state index in [1.807, 2.05) is 4.90 Å². The minimum absolute atomic E-state index is 0.130. The van der Waals surface area contributed by atoms with E-state index in [1.165, 1.54) is 17.7 Å². The number of amides is 2. The molecule has 1 aromatic rings. The molecule has 0 spiro atoms. The van der Waals surface area contributed by atoms with Crippen LogP contribution in [-0.4, -0.2) is 56.1 Å². The fraction of sp³-hybridized carbons (Fsp3) is 0.632. The van der Waals surface area contributed by atoms with E-state index in [0.717, 1.165) is 50.2 Å². The van der Waals surface area contributed by atoms with Crippen LogP contribution in [0.15, 0.2) is 24.3 Å². The van der Waals surface area contributed by atoms with Gasteiger partial charge < -0.3 is 15.1 Å². The SMILES string of the molecule is Cc1cccc(CCCNC(=O)N2C[C@@H]3C(CN(C)C)[C@@H]3C2)c1. The number of carbonyl (C=O) groups excluding carboxylic acids is 1. The summed E-state index contributed by atoms with van der Waals surface area (Å²) >= 11 is 0. The molecule has 3 atom stereocenters. The molecule has 1 N–H and O–H groups in total. The molecule has 4 nitrogen and oxygen atoms in total. The first-order valence-electron chi connectivity index (χ1n) is 8.77. The second-order valence-corrected chi connectivity index (χ2v) is 7.48. The fourth-order valence-corrected chi connectivity index (χ4v) is 3.97. The highest BCUT2D eigenvalue weighted by Gasteiger charge is 2.56. The third kappa shape index (κ3) is 4.05. The van der Waals surface area contributed by atoms with Gasteiger partial charge in [0.25, 0.3) is 0 Å². The van der Waals surface area contributed by atoms with Gasteiger partial charge in [-0.1, -0.05) is 29.8 Å². The number of carbonyl (C=O) groups is 1. The molecule has 0 radical (unpaired) electrons. The van der Waals surface area contributed by atoms with Gasteiger partial charge in [0, 0.05) is 26.2 Å². The van der Waals surface area contributed by atoms with Crippen molar-refractivity contribution in [2.24, 2.45) is 17.8 Å². The summed E-state index contributed by atoms with van der Waals surface area (Å²) in [6, 6.07) is 8.73. The summed E-state index contributed by atoms with van der Waals surface area (Å²) in [6.07, 6.45) is 2.03. The van der Waals surface area contributed by atoms with Crippen LogP contribution in [0.3, 0.4) is 0 Å². The van der Waals surface area contributed by atoms with E-state index in [0.29, 0.717) is 0 Å². The number of urea groups is 1. The van der Waals surface area contributed by atoms with E-state index < -0.39 is 0 Å². The van der Waals surface area contributed by atoms with Gasteiger partial charge in [-0.3, -0.25) is 0 Å².